The summed E-state index contributed by atoms with van der Waals surface area (Å²) in [5.74, 6) is -0.129. The molecule has 1 unspecified atom stereocenters. The molecule has 0 aromatic heterocycles. The van der Waals surface area contributed by atoms with Crippen LogP contribution in [0.1, 0.15) is 30.4 Å². The number of alkyl halides is 3. The minimum absolute atomic E-state index is 0.00875. The number of benzene rings is 1. The predicted molar refractivity (Wildman–Crippen MR) is 82.1 cm³/mol. The molecule has 4 nitrogen and oxygen atoms in total. The molecule has 1 aliphatic heterocycles. The highest BCUT2D eigenvalue weighted by atomic mass is 32.2. The molecule has 0 bridgehead atoms. The molecule has 1 aliphatic carbocycles. The molecule has 0 radical (unpaired) electrons. The number of sulfone groups is 1. The largest absolute Gasteiger partial charge is 0.416 e. The van der Waals surface area contributed by atoms with Gasteiger partial charge in [-0.05, 0) is 37.0 Å². The van der Waals surface area contributed by atoms with Crippen molar-refractivity contribution in [1.82, 2.24) is 4.90 Å². The molecule has 1 saturated heterocycles. The number of hydrogen-bond donors (Lipinski definition) is 0. The summed E-state index contributed by atoms with van der Waals surface area (Å²) >= 11 is 0. The summed E-state index contributed by atoms with van der Waals surface area (Å²) in [6.07, 6.45) is -2.26. The first-order valence-corrected chi connectivity index (χ1v) is 9.65. The SMILES string of the molecule is O=C(Cc1ccc(C(F)(F)F)cc1)N(C1CC1)C1CCS(=O)(=O)C1. The fourth-order valence-electron chi connectivity index (χ4n) is 3.13. The maximum atomic E-state index is 12.6. The van der Waals surface area contributed by atoms with Gasteiger partial charge in [0.2, 0.25) is 5.91 Å². The molecule has 24 heavy (non-hydrogen) atoms. The van der Waals surface area contributed by atoms with E-state index in [1.54, 1.807) is 4.90 Å². The van der Waals surface area contributed by atoms with Crippen molar-refractivity contribution in [3.05, 3.63) is 35.4 Å². The van der Waals surface area contributed by atoms with Crippen LogP contribution in [-0.2, 0) is 27.2 Å². The van der Waals surface area contributed by atoms with Crippen LogP contribution in [0.15, 0.2) is 24.3 Å². The lowest BCUT2D eigenvalue weighted by Crippen LogP contribution is -2.43. The van der Waals surface area contributed by atoms with Gasteiger partial charge in [-0.1, -0.05) is 12.1 Å². The Hall–Kier alpha value is -1.57. The second-order valence-electron chi connectivity index (χ2n) is 6.46. The quantitative estimate of drug-likeness (QED) is 0.828. The van der Waals surface area contributed by atoms with Crippen LogP contribution >= 0.6 is 0 Å². The highest BCUT2D eigenvalue weighted by Crippen LogP contribution is 2.33. The van der Waals surface area contributed by atoms with Crippen molar-refractivity contribution in [2.75, 3.05) is 11.5 Å². The van der Waals surface area contributed by atoms with E-state index in [1.165, 1.54) is 12.1 Å². The Morgan fingerprint density at radius 1 is 1.08 bits per heavy atom. The second-order valence-corrected chi connectivity index (χ2v) is 8.69. The Kier molecular flexibility index (Phi) is 4.36. The van der Waals surface area contributed by atoms with E-state index in [9.17, 15) is 26.4 Å². The van der Waals surface area contributed by atoms with E-state index in [4.69, 9.17) is 0 Å². The summed E-state index contributed by atoms with van der Waals surface area (Å²) in [4.78, 5) is 14.2. The van der Waals surface area contributed by atoms with Gasteiger partial charge in [0.1, 0.15) is 0 Å². The molecule has 3 rings (SSSR count). The van der Waals surface area contributed by atoms with Gasteiger partial charge in [-0.15, -0.1) is 0 Å². The van der Waals surface area contributed by atoms with Crippen LogP contribution in [0.3, 0.4) is 0 Å². The van der Waals surface area contributed by atoms with Gasteiger partial charge in [-0.2, -0.15) is 13.2 Å². The van der Waals surface area contributed by atoms with Crippen molar-refractivity contribution in [1.29, 1.82) is 0 Å². The molecule has 1 saturated carbocycles. The third-order valence-corrected chi connectivity index (χ3v) is 6.22. The zero-order valence-electron chi connectivity index (χ0n) is 12.9. The average molecular weight is 361 g/mol. The number of carbonyl (C=O) groups excluding carboxylic acids is 1. The molecular weight excluding hydrogens is 343 g/mol. The molecule has 132 valence electrons. The third kappa shape index (κ3) is 3.91. The maximum Gasteiger partial charge on any atom is 0.416 e. The first kappa shape index (κ1) is 17.3. The van der Waals surface area contributed by atoms with Gasteiger partial charge in [0.15, 0.2) is 9.84 Å². The lowest BCUT2D eigenvalue weighted by atomic mass is 10.1. The summed E-state index contributed by atoms with van der Waals surface area (Å²) in [6, 6.07) is 4.30. The molecule has 2 fully saturated rings. The fourth-order valence-corrected chi connectivity index (χ4v) is 4.84. The lowest BCUT2D eigenvalue weighted by molar-refractivity contribution is -0.137. The monoisotopic (exact) mass is 361 g/mol. The first-order chi connectivity index (χ1) is 11.2. The zero-order valence-corrected chi connectivity index (χ0v) is 13.7. The number of nitrogens with zero attached hydrogens (tertiary/aromatic N) is 1. The molecule has 0 spiro atoms. The molecular formula is C16H18F3NO3S. The Labute approximate surface area is 138 Å². The van der Waals surface area contributed by atoms with Crippen LogP contribution in [0.25, 0.3) is 0 Å². The number of hydrogen-bond acceptors (Lipinski definition) is 3. The summed E-state index contributed by atoms with van der Waals surface area (Å²) in [5, 5.41) is 0. The highest BCUT2D eigenvalue weighted by Gasteiger charge is 2.41. The lowest BCUT2D eigenvalue weighted by Gasteiger charge is -2.28. The van der Waals surface area contributed by atoms with E-state index in [1.807, 2.05) is 0 Å². The topological polar surface area (TPSA) is 54.5 Å². The van der Waals surface area contributed by atoms with E-state index in [-0.39, 0.29) is 35.9 Å². The van der Waals surface area contributed by atoms with E-state index in [2.05, 4.69) is 0 Å². The van der Waals surface area contributed by atoms with Crippen LogP contribution in [0.2, 0.25) is 0 Å². The molecule has 1 aromatic rings. The van der Waals surface area contributed by atoms with E-state index < -0.39 is 21.6 Å². The van der Waals surface area contributed by atoms with Crippen molar-refractivity contribution in [2.45, 2.75) is 43.9 Å². The van der Waals surface area contributed by atoms with Crippen molar-refractivity contribution in [3.63, 3.8) is 0 Å². The van der Waals surface area contributed by atoms with E-state index >= 15 is 0 Å². The Morgan fingerprint density at radius 2 is 1.71 bits per heavy atom. The highest BCUT2D eigenvalue weighted by molar-refractivity contribution is 7.91. The summed E-state index contributed by atoms with van der Waals surface area (Å²) in [7, 11) is -3.09. The Morgan fingerprint density at radius 3 is 2.17 bits per heavy atom. The first-order valence-electron chi connectivity index (χ1n) is 7.83. The molecule has 2 aliphatic rings. The van der Waals surface area contributed by atoms with Crippen LogP contribution in [0, 0.1) is 0 Å². The predicted octanol–water partition coefficient (Wildman–Crippen LogP) is 2.43. The van der Waals surface area contributed by atoms with Crippen LogP contribution in [0.5, 0.6) is 0 Å². The molecule has 1 aromatic carbocycles. The average Bonchev–Trinajstić information content (AvgIpc) is 3.23. The normalized spacial score (nSPS) is 23.2. The number of rotatable bonds is 4. The van der Waals surface area contributed by atoms with Crippen molar-refractivity contribution >= 4 is 15.7 Å². The van der Waals surface area contributed by atoms with Gasteiger partial charge < -0.3 is 4.90 Å². The third-order valence-electron chi connectivity index (χ3n) is 4.47. The van der Waals surface area contributed by atoms with Crippen LogP contribution in [-0.4, -0.2) is 42.8 Å². The molecule has 0 N–H and O–H groups in total. The van der Waals surface area contributed by atoms with Crippen LogP contribution < -0.4 is 0 Å². The Bertz CT molecular complexity index is 724. The van der Waals surface area contributed by atoms with Crippen molar-refractivity contribution < 1.29 is 26.4 Å². The van der Waals surface area contributed by atoms with E-state index in [0.29, 0.717) is 12.0 Å². The fraction of sp³-hybridized carbons (Fsp3) is 0.562. The van der Waals surface area contributed by atoms with Gasteiger partial charge in [0, 0.05) is 12.1 Å². The van der Waals surface area contributed by atoms with Gasteiger partial charge in [-0.25, -0.2) is 8.42 Å². The number of halogens is 3. The smallest absolute Gasteiger partial charge is 0.335 e. The van der Waals surface area contributed by atoms with E-state index in [0.717, 1.165) is 25.0 Å². The van der Waals surface area contributed by atoms with Crippen molar-refractivity contribution in [3.8, 4) is 0 Å². The molecule has 1 amide bonds. The minimum atomic E-state index is -4.40. The summed E-state index contributed by atoms with van der Waals surface area (Å²) in [6.45, 7) is 0. The maximum absolute atomic E-state index is 12.6. The molecule has 1 atom stereocenters. The Balaban J connectivity index is 1.70. The molecule has 8 heteroatoms. The van der Waals surface area contributed by atoms with Gasteiger partial charge in [-0.3, -0.25) is 4.79 Å². The van der Waals surface area contributed by atoms with Crippen LogP contribution in [0.4, 0.5) is 13.2 Å². The van der Waals surface area contributed by atoms with Gasteiger partial charge in [0.25, 0.3) is 0 Å². The van der Waals surface area contributed by atoms with Crippen molar-refractivity contribution in [2.24, 2.45) is 0 Å². The van der Waals surface area contributed by atoms with Gasteiger partial charge >= 0.3 is 6.18 Å². The standard InChI is InChI=1S/C16H18F3NO3S/c17-16(18,19)12-3-1-11(2-4-12)9-15(21)20(13-5-6-13)14-7-8-24(22,23)10-14/h1-4,13-14H,5-10H2. The zero-order chi connectivity index (χ0) is 17.5. The summed E-state index contributed by atoms with van der Waals surface area (Å²) < 4.78 is 61.0. The van der Waals surface area contributed by atoms with Gasteiger partial charge in [0.05, 0.1) is 23.5 Å². The summed E-state index contributed by atoms with van der Waals surface area (Å²) in [5.41, 5.74) is -0.251. The number of amides is 1. The second kappa shape index (κ2) is 6.06. The number of carbonyl (C=O) groups is 1. The minimum Gasteiger partial charge on any atom is -0.335 e. The molecule has 1 heterocycles.